The van der Waals surface area contributed by atoms with E-state index >= 15 is 0 Å². The van der Waals surface area contributed by atoms with Gasteiger partial charge in [-0.05, 0) is 59.9 Å². The number of nitrogens with one attached hydrogen (secondary N) is 2. The van der Waals surface area contributed by atoms with Crippen molar-refractivity contribution in [1.29, 1.82) is 0 Å². The predicted molar refractivity (Wildman–Crippen MR) is 119 cm³/mol. The Bertz CT molecular complexity index is 1000. The quantitative estimate of drug-likeness (QED) is 0.617. The van der Waals surface area contributed by atoms with Crippen molar-refractivity contribution in [1.82, 2.24) is 15.5 Å². The number of nitrogens with zero attached hydrogens (tertiary/aromatic N) is 1. The predicted octanol–water partition coefficient (Wildman–Crippen LogP) is 2.43. The normalized spacial score (nSPS) is 16.5. The summed E-state index contributed by atoms with van der Waals surface area (Å²) >= 11 is 0. The number of carbonyl (C=O) groups excluding carboxylic acids is 3. The van der Waals surface area contributed by atoms with Gasteiger partial charge in [-0.25, -0.2) is 0 Å². The first-order valence-electron chi connectivity index (χ1n) is 11.0. The zero-order valence-corrected chi connectivity index (χ0v) is 17.9. The van der Waals surface area contributed by atoms with Gasteiger partial charge in [0.05, 0.1) is 6.54 Å². The number of fused-ring (bicyclic) bond motifs is 3. The number of carbonyl (C=O) groups is 3. The maximum Gasteiger partial charge on any atom is 0.242 e. The lowest BCUT2D eigenvalue weighted by atomic mass is 10.00. The van der Waals surface area contributed by atoms with E-state index in [0.717, 1.165) is 25.7 Å². The molecule has 0 spiro atoms. The third kappa shape index (κ3) is 4.63. The fourth-order valence-corrected chi connectivity index (χ4v) is 4.65. The second kappa shape index (κ2) is 9.33. The van der Waals surface area contributed by atoms with Crippen LogP contribution in [0.4, 0.5) is 0 Å². The Kier molecular flexibility index (Phi) is 6.35. The largest absolute Gasteiger partial charge is 0.357 e. The third-order valence-corrected chi connectivity index (χ3v) is 6.29. The summed E-state index contributed by atoms with van der Waals surface area (Å²) in [6.07, 6.45) is 4.39. The van der Waals surface area contributed by atoms with Crippen molar-refractivity contribution < 1.29 is 14.4 Å². The summed E-state index contributed by atoms with van der Waals surface area (Å²) in [6, 6.07) is 14.7. The van der Waals surface area contributed by atoms with Gasteiger partial charge in [-0.2, -0.15) is 0 Å². The molecule has 162 valence electrons. The number of benzene rings is 2. The van der Waals surface area contributed by atoms with E-state index in [1.807, 2.05) is 0 Å². The molecule has 2 aromatic carbocycles. The van der Waals surface area contributed by atoms with Crippen molar-refractivity contribution >= 4 is 17.7 Å². The van der Waals surface area contributed by atoms with Gasteiger partial charge in [0.15, 0.2) is 0 Å². The molecule has 3 amide bonds. The Labute approximate surface area is 183 Å². The molecule has 0 saturated carbocycles. The van der Waals surface area contributed by atoms with Crippen molar-refractivity contribution in [2.45, 2.75) is 44.6 Å². The van der Waals surface area contributed by atoms with Gasteiger partial charge < -0.3 is 15.5 Å². The highest BCUT2D eigenvalue weighted by molar-refractivity contribution is 5.90. The average molecular weight is 420 g/mol. The SMILES string of the molecule is CNC(=O)C1CCCN1C(=O)CNC(=O)CCCc1ccc2c(c1)-c1ccccc1C2. The van der Waals surface area contributed by atoms with Crippen LogP contribution in [0.15, 0.2) is 42.5 Å². The van der Waals surface area contributed by atoms with E-state index in [9.17, 15) is 14.4 Å². The Morgan fingerprint density at radius 3 is 2.71 bits per heavy atom. The molecule has 4 rings (SSSR count). The van der Waals surface area contributed by atoms with Crippen LogP contribution in [0.3, 0.4) is 0 Å². The summed E-state index contributed by atoms with van der Waals surface area (Å²) in [5, 5.41) is 5.32. The van der Waals surface area contributed by atoms with Crippen molar-refractivity contribution in [3.8, 4) is 11.1 Å². The first-order valence-corrected chi connectivity index (χ1v) is 11.0. The van der Waals surface area contributed by atoms with Gasteiger partial charge in [-0.15, -0.1) is 0 Å². The van der Waals surface area contributed by atoms with Crippen LogP contribution in [0.1, 0.15) is 42.4 Å². The second-order valence-corrected chi connectivity index (χ2v) is 8.32. The van der Waals surface area contributed by atoms with Gasteiger partial charge in [0.25, 0.3) is 0 Å². The molecule has 0 radical (unpaired) electrons. The number of amides is 3. The number of likely N-dealkylation sites (tertiary alicyclic amines) is 1. The van der Waals surface area contributed by atoms with Crippen LogP contribution in [0.5, 0.6) is 0 Å². The number of rotatable bonds is 7. The highest BCUT2D eigenvalue weighted by atomic mass is 16.2. The van der Waals surface area contributed by atoms with Crippen LogP contribution in [0, 0.1) is 0 Å². The molecule has 1 fully saturated rings. The molecular formula is C25H29N3O3. The summed E-state index contributed by atoms with van der Waals surface area (Å²) in [6.45, 7) is 0.510. The molecule has 31 heavy (non-hydrogen) atoms. The minimum absolute atomic E-state index is 0.0536. The first kappa shape index (κ1) is 21.1. The minimum atomic E-state index is -0.417. The molecule has 0 bridgehead atoms. The van der Waals surface area contributed by atoms with E-state index in [-0.39, 0.29) is 24.3 Å². The smallest absolute Gasteiger partial charge is 0.242 e. The van der Waals surface area contributed by atoms with Crippen LogP contribution < -0.4 is 10.6 Å². The van der Waals surface area contributed by atoms with Crippen molar-refractivity contribution in [2.24, 2.45) is 0 Å². The molecular weight excluding hydrogens is 390 g/mol. The monoisotopic (exact) mass is 419 g/mol. The lowest BCUT2D eigenvalue weighted by Gasteiger charge is -2.23. The standard InChI is InChI=1S/C25H29N3O3/c1-26-25(31)22-9-5-13-28(22)24(30)16-27-23(29)10-4-6-17-11-12-19-15-18-7-2-3-8-20(18)21(19)14-17/h2-3,7-8,11-12,14,22H,4-6,9-10,13,15-16H2,1H3,(H,26,31)(H,27,29). The van der Waals surface area contributed by atoms with E-state index in [0.29, 0.717) is 19.4 Å². The van der Waals surface area contributed by atoms with Crippen LogP contribution in [-0.4, -0.2) is 48.8 Å². The van der Waals surface area contributed by atoms with Crippen LogP contribution in [-0.2, 0) is 27.2 Å². The fourth-order valence-electron chi connectivity index (χ4n) is 4.65. The lowest BCUT2D eigenvalue weighted by molar-refractivity contribution is -0.138. The zero-order chi connectivity index (χ0) is 21.8. The Balaban J connectivity index is 1.23. The molecule has 2 N–H and O–H groups in total. The van der Waals surface area contributed by atoms with Crippen molar-refractivity contribution in [3.05, 3.63) is 59.2 Å². The van der Waals surface area contributed by atoms with Crippen LogP contribution in [0.25, 0.3) is 11.1 Å². The van der Waals surface area contributed by atoms with Crippen LogP contribution >= 0.6 is 0 Å². The van der Waals surface area contributed by atoms with Crippen molar-refractivity contribution in [2.75, 3.05) is 20.1 Å². The molecule has 6 nitrogen and oxygen atoms in total. The summed E-state index contributed by atoms with van der Waals surface area (Å²) in [4.78, 5) is 38.1. The van der Waals surface area contributed by atoms with Gasteiger partial charge in [0.2, 0.25) is 17.7 Å². The summed E-state index contributed by atoms with van der Waals surface area (Å²) in [5.41, 5.74) is 6.57. The summed E-state index contributed by atoms with van der Waals surface area (Å²) in [5.74, 6) is -0.471. The molecule has 0 aromatic heterocycles. The lowest BCUT2D eigenvalue weighted by Crippen LogP contribution is -2.48. The Hall–Kier alpha value is -3.15. The molecule has 2 aliphatic rings. The van der Waals surface area contributed by atoms with E-state index in [2.05, 4.69) is 53.1 Å². The van der Waals surface area contributed by atoms with Gasteiger partial charge in [0, 0.05) is 20.0 Å². The van der Waals surface area contributed by atoms with E-state index in [4.69, 9.17) is 0 Å². The molecule has 1 saturated heterocycles. The Morgan fingerprint density at radius 1 is 1.06 bits per heavy atom. The minimum Gasteiger partial charge on any atom is -0.357 e. The highest BCUT2D eigenvalue weighted by Gasteiger charge is 2.33. The number of hydrogen-bond donors (Lipinski definition) is 2. The molecule has 1 unspecified atom stereocenters. The first-order chi connectivity index (χ1) is 15.1. The molecule has 1 atom stereocenters. The van der Waals surface area contributed by atoms with Gasteiger partial charge in [-0.1, -0.05) is 42.5 Å². The maximum atomic E-state index is 12.4. The van der Waals surface area contributed by atoms with Crippen LogP contribution in [0.2, 0.25) is 0 Å². The number of aryl methyl sites for hydroxylation is 1. The summed E-state index contributed by atoms with van der Waals surface area (Å²) < 4.78 is 0. The van der Waals surface area contributed by atoms with Gasteiger partial charge in [0.1, 0.15) is 6.04 Å². The van der Waals surface area contributed by atoms with E-state index < -0.39 is 6.04 Å². The molecule has 1 aliphatic heterocycles. The average Bonchev–Trinajstić information content (AvgIpc) is 3.42. The fraction of sp³-hybridized carbons (Fsp3) is 0.400. The maximum absolute atomic E-state index is 12.4. The number of likely N-dealkylation sites (N-methyl/N-ethyl adjacent to an activating group) is 1. The zero-order valence-electron chi connectivity index (χ0n) is 17.9. The van der Waals surface area contributed by atoms with Crippen molar-refractivity contribution in [3.63, 3.8) is 0 Å². The molecule has 2 aromatic rings. The van der Waals surface area contributed by atoms with E-state index in [1.165, 1.54) is 27.8 Å². The molecule has 1 heterocycles. The Morgan fingerprint density at radius 2 is 1.87 bits per heavy atom. The second-order valence-electron chi connectivity index (χ2n) is 8.32. The molecule has 1 aliphatic carbocycles. The topological polar surface area (TPSA) is 78.5 Å². The number of hydrogen-bond acceptors (Lipinski definition) is 3. The molecule has 6 heteroatoms. The van der Waals surface area contributed by atoms with Gasteiger partial charge in [-0.3, -0.25) is 14.4 Å². The van der Waals surface area contributed by atoms with E-state index in [1.54, 1.807) is 11.9 Å². The van der Waals surface area contributed by atoms with Gasteiger partial charge >= 0.3 is 0 Å². The highest BCUT2D eigenvalue weighted by Crippen LogP contribution is 2.37. The summed E-state index contributed by atoms with van der Waals surface area (Å²) in [7, 11) is 1.57. The third-order valence-electron chi connectivity index (χ3n) is 6.29.